The Morgan fingerprint density at radius 2 is 1.86 bits per heavy atom. The van der Waals surface area contributed by atoms with Gasteiger partial charge in [0.2, 0.25) is 5.91 Å². The highest BCUT2D eigenvalue weighted by atomic mass is 32.2. The van der Waals surface area contributed by atoms with Gasteiger partial charge in [-0.15, -0.1) is 0 Å². The molecule has 2 rings (SSSR count). The molecule has 2 N–H and O–H groups in total. The van der Waals surface area contributed by atoms with Gasteiger partial charge in [-0.3, -0.25) is 4.79 Å². The lowest BCUT2D eigenvalue weighted by Crippen LogP contribution is -2.48. The average molecular weight is 309 g/mol. The monoisotopic (exact) mass is 309 g/mol. The fraction of sp³-hybridized carbons (Fsp3) is 0.400. The zero-order valence-corrected chi connectivity index (χ0v) is 12.5. The highest BCUT2D eigenvalue weighted by Gasteiger charge is 2.34. The molecule has 0 radical (unpaired) electrons. The average Bonchev–Trinajstić information content (AvgIpc) is 2.95. The van der Waals surface area contributed by atoms with Gasteiger partial charge in [0.1, 0.15) is 0 Å². The Morgan fingerprint density at radius 3 is 2.43 bits per heavy atom. The molecule has 0 unspecified atom stereocenters. The van der Waals surface area contributed by atoms with Crippen molar-refractivity contribution >= 4 is 15.7 Å². The SMILES string of the molecule is O=C(C=CS(=O)(=O)c1ccccc1)NC1(CO)CCCC1. The second kappa shape index (κ2) is 6.41. The molecule has 1 aromatic carbocycles. The van der Waals surface area contributed by atoms with Gasteiger partial charge in [0.25, 0.3) is 0 Å². The summed E-state index contributed by atoms with van der Waals surface area (Å²) in [5.74, 6) is -0.495. The highest BCUT2D eigenvalue weighted by molar-refractivity contribution is 7.94. The van der Waals surface area contributed by atoms with Crippen LogP contribution in [-0.2, 0) is 14.6 Å². The summed E-state index contributed by atoms with van der Waals surface area (Å²) < 4.78 is 24.0. The summed E-state index contributed by atoms with van der Waals surface area (Å²) in [6.07, 6.45) is 4.35. The number of benzene rings is 1. The molecule has 0 saturated heterocycles. The molecular formula is C15H19NO4S. The van der Waals surface area contributed by atoms with Gasteiger partial charge in [-0.25, -0.2) is 8.42 Å². The van der Waals surface area contributed by atoms with Gasteiger partial charge < -0.3 is 10.4 Å². The molecule has 1 aromatic rings. The second-order valence-electron chi connectivity index (χ2n) is 5.30. The number of aliphatic hydroxyl groups excluding tert-OH is 1. The number of hydrogen-bond donors (Lipinski definition) is 2. The van der Waals surface area contributed by atoms with Crippen LogP contribution in [0.25, 0.3) is 0 Å². The maximum Gasteiger partial charge on any atom is 0.245 e. The minimum atomic E-state index is -3.62. The maximum atomic E-state index is 12.0. The van der Waals surface area contributed by atoms with Gasteiger partial charge in [-0.2, -0.15) is 0 Å². The van der Waals surface area contributed by atoms with E-state index in [1.807, 2.05) is 0 Å². The summed E-state index contributed by atoms with van der Waals surface area (Å²) in [4.78, 5) is 12.0. The Labute approximate surface area is 124 Å². The number of carbonyl (C=O) groups excluding carboxylic acids is 1. The van der Waals surface area contributed by atoms with Crippen LogP contribution in [0.1, 0.15) is 25.7 Å². The normalized spacial score (nSPS) is 18.0. The molecule has 1 amide bonds. The Morgan fingerprint density at radius 1 is 1.24 bits per heavy atom. The zero-order chi connectivity index (χ0) is 15.3. The van der Waals surface area contributed by atoms with E-state index >= 15 is 0 Å². The molecule has 0 aliphatic heterocycles. The van der Waals surface area contributed by atoms with E-state index < -0.39 is 21.3 Å². The first-order chi connectivity index (χ1) is 9.97. The molecule has 0 aromatic heterocycles. The lowest BCUT2D eigenvalue weighted by atomic mass is 9.99. The first-order valence-electron chi connectivity index (χ1n) is 6.89. The standard InChI is InChI=1S/C15H19NO4S/c17-12-15(9-4-5-10-15)16-14(18)8-11-21(19,20)13-6-2-1-3-7-13/h1-3,6-8,11,17H,4-5,9-10,12H2,(H,16,18). The molecule has 1 fully saturated rings. The largest absolute Gasteiger partial charge is 0.394 e. The Kier molecular flexibility index (Phi) is 4.80. The number of sulfone groups is 1. The van der Waals surface area contributed by atoms with Gasteiger partial charge in [-0.1, -0.05) is 31.0 Å². The van der Waals surface area contributed by atoms with Crippen molar-refractivity contribution < 1.29 is 18.3 Å². The van der Waals surface area contributed by atoms with E-state index in [4.69, 9.17) is 0 Å². The predicted octanol–water partition coefficient (Wildman–Crippen LogP) is 1.40. The predicted molar refractivity (Wildman–Crippen MR) is 79.2 cm³/mol. The molecule has 1 aliphatic rings. The van der Waals surface area contributed by atoms with E-state index in [2.05, 4.69) is 5.32 Å². The van der Waals surface area contributed by atoms with Gasteiger partial charge >= 0.3 is 0 Å². The van der Waals surface area contributed by atoms with Crippen LogP contribution in [0.5, 0.6) is 0 Å². The van der Waals surface area contributed by atoms with Crippen molar-refractivity contribution in [2.45, 2.75) is 36.1 Å². The Hall–Kier alpha value is -1.66. The molecule has 1 aliphatic carbocycles. The van der Waals surface area contributed by atoms with Crippen molar-refractivity contribution in [1.82, 2.24) is 5.32 Å². The van der Waals surface area contributed by atoms with Crippen LogP contribution in [-0.4, -0.2) is 31.6 Å². The highest BCUT2D eigenvalue weighted by Crippen LogP contribution is 2.29. The summed E-state index contributed by atoms with van der Waals surface area (Å²) in [6, 6.07) is 7.92. The fourth-order valence-electron chi connectivity index (χ4n) is 2.52. The minimum absolute atomic E-state index is 0.127. The third kappa shape index (κ3) is 3.92. The number of hydrogen-bond acceptors (Lipinski definition) is 4. The van der Waals surface area contributed by atoms with E-state index in [0.717, 1.165) is 24.3 Å². The number of aliphatic hydroxyl groups is 1. The van der Waals surface area contributed by atoms with Crippen molar-refractivity contribution in [3.05, 3.63) is 41.8 Å². The smallest absolute Gasteiger partial charge is 0.245 e. The second-order valence-corrected chi connectivity index (χ2v) is 7.13. The van der Waals surface area contributed by atoms with Crippen LogP contribution >= 0.6 is 0 Å². The van der Waals surface area contributed by atoms with E-state index in [0.29, 0.717) is 12.8 Å². The van der Waals surface area contributed by atoms with E-state index in [1.165, 1.54) is 12.1 Å². The molecule has 0 heterocycles. The summed E-state index contributed by atoms with van der Waals surface area (Å²) in [6.45, 7) is -0.127. The van der Waals surface area contributed by atoms with E-state index in [-0.39, 0.29) is 11.5 Å². The van der Waals surface area contributed by atoms with Crippen LogP contribution < -0.4 is 5.32 Å². The number of carbonyl (C=O) groups is 1. The molecule has 6 heteroatoms. The van der Waals surface area contributed by atoms with Crippen LogP contribution in [0.3, 0.4) is 0 Å². The molecule has 5 nitrogen and oxygen atoms in total. The van der Waals surface area contributed by atoms with Gasteiger partial charge in [0.05, 0.1) is 17.0 Å². The van der Waals surface area contributed by atoms with Crippen molar-refractivity contribution in [3.63, 3.8) is 0 Å². The Balaban J connectivity index is 2.05. The molecule has 114 valence electrons. The number of rotatable bonds is 5. The van der Waals surface area contributed by atoms with Crippen LogP contribution in [0.2, 0.25) is 0 Å². The van der Waals surface area contributed by atoms with Gasteiger partial charge in [-0.05, 0) is 25.0 Å². The third-order valence-corrected chi connectivity index (χ3v) is 5.15. The first-order valence-corrected chi connectivity index (χ1v) is 8.43. The summed E-state index contributed by atoms with van der Waals surface area (Å²) in [7, 11) is -3.62. The van der Waals surface area contributed by atoms with Crippen LogP contribution in [0, 0.1) is 0 Å². The quantitative estimate of drug-likeness (QED) is 0.805. The molecule has 0 bridgehead atoms. The molecule has 0 atom stereocenters. The van der Waals surface area contributed by atoms with Gasteiger partial charge in [0.15, 0.2) is 9.84 Å². The lowest BCUT2D eigenvalue weighted by Gasteiger charge is -2.27. The van der Waals surface area contributed by atoms with Crippen molar-refractivity contribution in [2.24, 2.45) is 0 Å². The lowest BCUT2D eigenvalue weighted by molar-refractivity contribution is -0.118. The van der Waals surface area contributed by atoms with Crippen molar-refractivity contribution in [1.29, 1.82) is 0 Å². The zero-order valence-electron chi connectivity index (χ0n) is 11.7. The fourth-order valence-corrected chi connectivity index (χ4v) is 3.51. The number of nitrogens with one attached hydrogen (secondary N) is 1. The van der Waals surface area contributed by atoms with Crippen LogP contribution in [0.4, 0.5) is 0 Å². The van der Waals surface area contributed by atoms with Crippen molar-refractivity contribution in [2.75, 3.05) is 6.61 Å². The van der Waals surface area contributed by atoms with Crippen molar-refractivity contribution in [3.8, 4) is 0 Å². The molecule has 0 spiro atoms. The van der Waals surface area contributed by atoms with Gasteiger partial charge in [0, 0.05) is 11.5 Å². The molecular weight excluding hydrogens is 290 g/mol. The Bertz CT molecular complexity index is 616. The summed E-state index contributed by atoms with van der Waals surface area (Å²) in [5, 5.41) is 13.0. The minimum Gasteiger partial charge on any atom is -0.394 e. The molecule has 1 saturated carbocycles. The third-order valence-electron chi connectivity index (χ3n) is 3.72. The topological polar surface area (TPSA) is 83.5 Å². The number of amides is 1. The van der Waals surface area contributed by atoms with E-state index in [1.54, 1.807) is 18.2 Å². The summed E-state index contributed by atoms with van der Waals surface area (Å²) in [5.41, 5.74) is -0.599. The van der Waals surface area contributed by atoms with Crippen LogP contribution in [0.15, 0.2) is 46.7 Å². The maximum absolute atomic E-state index is 12.0. The first kappa shape index (κ1) is 15.7. The molecule has 21 heavy (non-hydrogen) atoms. The summed E-state index contributed by atoms with van der Waals surface area (Å²) >= 11 is 0. The van der Waals surface area contributed by atoms with E-state index in [9.17, 15) is 18.3 Å².